The van der Waals surface area contributed by atoms with Gasteiger partial charge in [-0.1, -0.05) is 36.5 Å². The Morgan fingerprint density at radius 2 is 1.95 bits per heavy atom. The molecule has 0 radical (unpaired) electrons. The minimum atomic E-state index is -0.0318. The van der Waals surface area contributed by atoms with E-state index in [1.165, 1.54) is 0 Å². The minimum Gasteiger partial charge on any atom is -0.393 e. The maximum absolute atomic E-state index is 12.6. The van der Waals surface area contributed by atoms with Gasteiger partial charge in [-0.05, 0) is 23.8 Å². The molecule has 1 heterocycles. The number of hydrogen-bond donors (Lipinski definition) is 1. The average Bonchev–Trinajstić information content (AvgIpc) is 2.52. The van der Waals surface area contributed by atoms with Crippen molar-refractivity contribution in [2.45, 2.75) is 13.0 Å². The van der Waals surface area contributed by atoms with E-state index in [9.17, 15) is 4.79 Å². The Labute approximate surface area is 129 Å². The smallest absolute Gasteiger partial charge is 0.254 e. The van der Waals surface area contributed by atoms with Crippen LogP contribution in [0.4, 0.5) is 0 Å². The largest absolute Gasteiger partial charge is 0.393 e. The monoisotopic (exact) mass is 299 g/mol. The number of rotatable bonds is 6. The number of thiocarbonyl (C=S) groups is 1. The molecule has 0 aliphatic heterocycles. The molecule has 21 heavy (non-hydrogen) atoms. The Morgan fingerprint density at radius 1 is 1.19 bits per heavy atom. The minimum absolute atomic E-state index is 0.0318. The predicted molar refractivity (Wildman–Crippen MR) is 86.8 cm³/mol. The fourth-order valence-corrected chi connectivity index (χ4v) is 2.06. The van der Waals surface area contributed by atoms with E-state index in [0.29, 0.717) is 30.1 Å². The van der Waals surface area contributed by atoms with Crippen LogP contribution < -0.4 is 5.73 Å². The van der Waals surface area contributed by atoms with Crippen LogP contribution in [-0.2, 0) is 6.54 Å². The van der Waals surface area contributed by atoms with Crippen molar-refractivity contribution in [2.75, 3.05) is 6.54 Å². The molecular weight excluding hydrogens is 282 g/mol. The summed E-state index contributed by atoms with van der Waals surface area (Å²) in [6.45, 7) is 0.988. The van der Waals surface area contributed by atoms with E-state index in [-0.39, 0.29) is 5.91 Å². The molecule has 1 amide bonds. The zero-order chi connectivity index (χ0) is 15.1. The molecule has 0 saturated heterocycles. The van der Waals surface area contributed by atoms with Crippen molar-refractivity contribution in [3.63, 3.8) is 0 Å². The molecule has 0 aliphatic rings. The van der Waals surface area contributed by atoms with E-state index in [1.807, 2.05) is 30.3 Å². The standard InChI is InChI=1S/C16H17N3OS/c17-15(21)8-10-19(12-13-5-4-9-18-11-13)16(20)14-6-2-1-3-7-14/h1-7,9,11H,8,10,12H2,(H2,17,21). The van der Waals surface area contributed by atoms with E-state index in [4.69, 9.17) is 18.0 Å². The first kappa shape index (κ1) is 15.1. The third-order valence-corrected chi connectivity index (χ3v) is 3.24. The number of aromatic nitrogens is 1. The van der Waals surface area contributed by atoms with Crippen molar-refractivity contribution in [3.05, 3.63) is 66.0 Å². The highest BCUT2D eigenvalue weighted by Gasteiger charge is 2.16. The molecule has 0 bridgehead atoms. The van der Waals surface area contributed by atoms with Crippen molar-refractivity contribution in [1.82, 2.24) is 9.88 Å². The van der Waals surface area contributed by atoms with Crippen LogP contribution in [0, 0.1) is 0 Å². The first-order valence-corrected chi connectivity index (χ1v) is 7.09. The van der Waals surface area contributed by atoms with Gasteiger partial charge in [-0.15, -0.1) is 0 Å². The van der Waals surface area contributed by atoms with Gasteiger partial charge >= 0.3 is 0 Å². The van der Waals surface area contributed by atoms with Crippen molar-refractivity contribution < 1.29 is 4.79 Å². The zero-order valence-electron chi connectivity index (χ0n) is 11.6. The topological polar surface area (TPSA) is 59.2 Å². The molecule has 0 atom stereocenters. The van der Waals surface area contributed by atoms with Crippen LogP contribution in [0.15, 0.2) is 54.9 Å². The van der Waals surface area contributed by atoms with Gasteiger partial charge in [0, 0.05) is 37.5 Å². The maximum Gasteiger partial charge on any atom is 0.254 e. The highest BCUT2D eigenvalue weighted by Crippen LogP contribution is 2.10. The highest BCUT2D eigenvalue weighted by atomic mass is 32.1. The summed E-state index contributed by atoms with van der Waals surface area (Å²) in [7, 11) is 0. The van der Waals surface area contributed by atoms with E-state index in [1.54, 1.807) is 29.4 Å². The normalized spacial score (nSPS) is 10.1. The summed E-state index contributed by atoms with van der Waals surface area (Å²) >= 11 is 4.91. The van der Waals surface area contributed by atoms with Crippen molar-refractivity contribution >= 4 is 23.1 Å². The van der Waals surface area contributed by atoms with E-state index >= 15 is 0 Å². The van der Waals surface area contributed by atoms with Gasteiger partial charge in [0.25, 0.3) is 5.91 Å². The summed E-state index contributed by atoms with van der Waals surface area (Å²) in [5.74, 6) is -0.0318. The van der Waals surface area contributed by atoms with Gasteiger partial charge < -0.3 is 10.6 Å². The van der Waals surface area contributed by atoms with E-state index < -0.39 is 0 Å². The fourth-order valence-electron chi connectivity index (χ4n) is 1.97. The van der Waals surface area contributed by atoms with Crippen LogP contribution in [0.25, 0.3) is 0 Å². The lowest BCUT2D eigenvalue weighted by Crippen LogP contribution is -2.33. The average molecular weight is 299 g/mol. The van der Waals surface area contributed by atoms with Crippen LogP contribution >= 0.6 is 12.2 Å². The van der Waals surface area contributed by atoms with Gasteiger partial charge in [-0.2, -0.15) is 0 Å². The Hall–Kier alpha value is -2.27. The number of hydrogen-bond acceptors (Lipinski definition) is 3. The van der Waals surface area contributed by atoms with Crippen molar-refractivity contribution in [2.24, 2.45) is 5.73 Å². The summed E-state index contributed by atoms with van der Waals surface area (Å²) in [5, 5.41) is 0. The summed E-state index contributed by atoms with van der Waals surface area (Å²) in [6.07, 6.45) is 3.97. The molecule has 0 spiro atoms. The zero-order valence-corrected chi connectivity index (χ0v) is 12.4. The lowest BCUT2D eigenvalue weighted by Gasteiger charge is -2.22. The lowest BCUT2D eigenvalue weighted by molar-refractivity contribution is 0.0748. The molecule has 0 aliphatic carbocycles. The third-order valence-electron chi connectivity index (χ3n) is 3.03. The van der Waals surface area contributed by atoms with Crippen molar-refractivity contribution in [3.8, 4) is 0 Å². The van der Waals surface area contributed by atoms with Crippen LogP contribution in [-0.4, -0.2) is 27.3 Å². The van der Waals surface area contributed by atoms with Gasteiger partial charge in [0.1, 0.15) is 0 Å². The van der Waals surface area contributed by atoms with Crippen LogP contribution in [0.5, 0.6) is 0 Å². The van der Waals surface area contributed by atoms with Gasteiger partial charge in [-0.25, -0.2) is 0 Å². The maximum atomic E-state index is 12.6. The molecule has 108 valence electrons. The van der Waals surface area contributed by atoms with Crippen molar-refractivity contribution in [1.29, 1.82) is 0 Å². The molecule has 0 unspecified atom stereocenters. The number of nitrogens with two attached hydrogens (primary N) is 1. The SMILES string of the molecule is NC(=S)CCN(Cc1cccnc1)C(=O)c1ccccc1. The number of benzene rings is 1. The molecule has 1 aromatic carbocycles. The molecule has 4 nitrogen and oxygen atoms in total. The van der Waals surface area contributed by atoms with Gasteiger partial charge in [-0.3, -0.25) is 9.78 Å². The Balaban J connectivity index is 2.15. The third kappa shape index (κ3) is 4.65. The second-order valence-electron chi connectivity index (χ2n) is 4.67. The second-order valence-corrected chi connectivity index (χ2v) is 5.19. The Bertz CT molecular complexity index is 601. The molecule has 2 N–H and O–H groups in total. The van der Waals surface area contributed by atoms with Crippen LogP contribution in [0.3, 0.4) is 0 Å². The van der Waals surface area contributed by atoms with Crippen LogP contribution in [0.1, 0.15) is 22.3 Å². The first-order chi connectivity index (χ1) is 10.2. The molecule has 2 rings (SSSR count). The van der Waals surface area contributed by atoms with Gasteiger partial charge in [0.15, 0.2) is 0 Å². The molecule has 2 aromatic rings. The number of amides is 1. The van der Waals surface area contributed by atoms with Crippen LogP contribution in [0.2, 0.25) is 0 Å². The molecule has 0 saturated carbocycles. The number of pyridine rings is 1. The fraction of sp³-hybridized carbons (Fsp3) is 0.188. The summed E-state index contributed by atoms with van der Waals surface area (Å²) in [4.78, 5) is 18.8. The van der Waals surface area contributed by atoms with Gasteiger partial charge in [0.05, 0.1) is 4.99 Å². The molecule has 5 heteroatoms. The number of carbonyl (C=O) groups excluding carboxylic acids is 1. The quantitative estimate of drug-likeness (QED) is 0.832. The highest BCUT2D eigenvalue weighted by molar-refractivity contribution is 7.80. The first-order valence-electron chi connectivity index (χ1n) is 6.68. The molecule has 1 aromatic heterocycles. The second kappa shape index (κ2) is 7.50. The summed E-state index contributed by atoms with van der Waals surface area (Å²) in [6, 6.07) is 13.0. The number of nitrogens with zero attached hydrogens (tertiary/aromatic N) is 2. The molecule has 0 fully saturated rings. The predicted octanol–water partition coefficient (Wildman–Crippen LogP) is 2.40. The summed E-state index contributed by atoms with van der Waals surface area (Å²) < 4.78 is 0. The number of carbonyl (C=O) groups is 1. The lowest BCUT2D eigenvalue weighted by atomic mass is 10.1. The van der Waals surface area contributed by atoms with E-state index in [2.05, 4.69) is 4.98 Å². The Morgan fingerprint density at radius 3 is 2.57 bits per heavy atom. The summed E-state index contributed by atoms with van der Waals surface area (Å²) in [5.41, 5.74) is 7.19. The Kier molecular flexibility index (Phi) is 5.40. The van der Waals surface area contributed by atoms with E-state index in [0.717, 1.165) is 5.56 Å². The van der Waals surface area contributed by atoms with Gasteiger partial charge in [0.2, 0.25) is 0 Å². The molecular formula is C16H17N3OS.